The lowest BCUT2D eigenvalue weighted by Gasteiger charge is -2.26. The van der Waals surface area contributed by atoms with E-state index >= 15 is 0 Å². The Morgan fingerprint density at radius 2 is 1.94 bits per heavy atom. The third-order valence-electron chi connectivity index (χ3n) is 2.83. The maximum absolute atomic E-state index is 12.3. The number of primary amides is 1. The Hall–Kier alpha value is -1.44. The molecule has 3 N–H and O–H groups in total. The van der Waals surface area contributed by atoms with Crippen molar-refractivity contribution in [1.82, 2.24) is 9.62 Å². The van der Waals surface area contributed by atoms with Gasteiger partial charge in [0, 0.05) is 31.7 Å². The summed E-state index contributed by atoms with van der Waals surface area (Å²) in [6, 6.07) is 5.82. The van der Waals surface area contributed by atoms with Gasteiger partial charge >= 0.3 is 0 Å². The zero-order chi connectivity index (χ0) is 13.2. The number of amides is 1. The first-order valence-corrected chi connectivity index (χ1v) is 7.06. The molecule has 0 aromatic heterocycles. The normalized spacial score (nSPS) is 17.6. The lowest BCUT2D eigenvalue weighted by Crippen LogP contribution is -2.46. The van der Waals surface area contributed by atoms with Gasteiger partial charge in [0.15, 0.2) is 0 Å². The number of hydrogen-bond acceptors (Lipinski definition) is 4. The average molecular weight is 269 g/mol. The molecule has 1 aliphatic rings. The lowest BCUT2D eigenvalue weighted by atomic mass is 10.2. The molecule has 0 atom stereocenters. The number of carbonyl (C=O) groups is 1. The minimum Gasteiger partial charge on any atom is -0.366 e. The van der Waals surface area contributed by atoms with E-state index in [4.69, 9.17) is 5.73 Å². The third-order valence-corrected chi connectivity index (χ3v) is 4.73. The summed E-state index contributed by atoms with van der Waals surface area (Å²) >= 11 is 0. The fourth-order valence-electron chi connectivity index (χ4n) is 1.84. The fraction of sp³-hybridized carbons (Fsp3) is 0.364. The molecule has 0 aliphatic carbocycles. The van der Waals surface area contributed by atoms with Gasteiger partial charge in [-0.1, -0.05) is 6.07 Å². The first-order chi connectivity index (χ1) is 8.51. The molecular weight excluding hydrogens is 254 g/mol. The van der Waals surface area contributed by atoms with Crippen molar-refractivity contribution in [3.8, 4) is 0 Å². The zero-order valence-corrected chi connectivity index (χ0v) is 10.6. The molecule has 1 fully saturated rings. The molecule has 0 radical (unpaired) electrons. The van der Waals surface area contributed by atoms with Crippen LogP contribution in [0.3, 0.4) is 0 Å². The molecule has 0 bridgehead atoms. The van der Waals surface area contributed by atoms with E-state index in [1.807, 2.05) is 0 Å². The Morgan fingerprint density at radius 3 is 2.56 bits per heavy atom. The summed E-state index contributed by atoms with van der Waals surface area (Å²) in [7, 11) is -3.53. The number of benzene rings is 1. The first-order valence-electron chi connectivity index (χ1n) is 5.62. The maximum Gasteiger partial charge on any atom is 0.248 e. The monoisotopic (exact) mass is 269 g/mol. The third kappa shape index (κ3) is 2.53. The van der Waals surface area contributed by atoms with Gasteiger partial charge in [-0.25, -0.2) is 8.42 Å². The molecule has 18 heavy (non-hydrogen) atoms. The van der Waals surface area contributed by atoms with Crippen LogP contribution in [0, 0.1) is 0 Å². The van der Waals surface area contributed by atoms with Crippen molar-refractivity contribution in [3.63, 3.8) is 0 Å². The summed E-state index contributed by atoms with van der Waals surface area (Å²) in [6.45, 7) is 2.13. The molecule has 0 spiro atoms. The number of nitrogens with one attached hydrogen (secondary N) is 1. The largest absolute Gasteiger partial charge is 0.366 e. The predicted molar refractivity (Wildman–Crippen MR) is 66.6 cm³/mol. The Labute approximate surface area is 106 Å². The van der Waals surface area contributed by atoms with Crippen molar-refractivity contribution in [2.45, 2.75) is 4.90 Å². The van der Waals surface area contributed by atoms with Gasteiger partial charge in [-0.15, -0.1) is 0 Å². The van der Waals surface area contributed by atoms with Gasteiger partial charge in [0.2, 0.25) is 15.9 Å². The highest BCUT2D eigenvalue weighted by molar-refractivity contribution is 7.89. The van der Waals surface area contributed by atoms with Crippen molar-refractivity contribution in [2.24, 2.45) is 5.73 Å². The highest BCUT2D eigenvalue weighted by Gasteiger charge is 2.26. The summed E-state index contributed by atoms with van der Waals surface area (Å²) in [5.74, 6) is -0.632. The van der Waals surface area contributed by atoms with Crippen molar-refractivity contribution in [1.29, 1.82) is 0 Å². The van der Waals surface area contributed by atoms with Crippen molar-refractivity contribution < 1.29 is 13.2 Å². The predicted octanol–water partition coefficient (Wildman–Crippen LogP) is -0.621. The number of sulfonamides is 1. The quantitative estimate of drug-likeness (QED) is 0.765. The molecule has 0 unspecified atom stereocenters. The van der Waals surface area contributed by atoms with Crippen molar-refractivity contribution in [3.05, 3.63) is 29.8 Å². The number of rotatable bonds is 3. The van der Waals surface area contributed by atoms with E-state index in [0.29, 0.717) is 26.2 Å². The minimum atomic E-state index is -3.53. The van der Waals surface area contributed by atoms with Crippen LogP contribution in [-0.4, -0.2) is 44.8 Å². The van der Waals surface area contributed by atoms with E-state index in [1.165, 1.54) is 28.6 Å². The van der Waals surface area contributed by atoms with Gasteiger partial charge in [-0.2, -0.15) is 4.31 Å². The number of piperazine rings is 1. The summed E-state index contributed by atoms with van der Waals surface area (Å²) in [5.41, 5.74) is 5.35. The van der Waals surface area contributed by atoms with Gasteiger partial charge in [-0.3, -0.25) is 4.79 Å². The number of hydrogen-bond donors (Lipinski definition) is 2. The smallest absolute Gasteiger partial charge is 0.248 e. The van der Waals surface area contributed by atoms with E-state index in [0.717, 1.165) is 0 Å². The van der Waals surface area contributed by atoms with Crippen LogP contribution in [0.5, 0.6) is 0 Å². The van der Waals surface area contributed by atoms with E-state index in [9.17, 15) is 13.2 Å². The molecule has 1 amide bonds. The number of carbonyl (C=O) groups excluding carboxylic acids is 1. The Bertz CT molecular complexity index is 550. The highest BCUT2D eigenvalue weighted by Crippen LogP contribution is 2.17. The van der Waals surface area contributed by atoms with E-state index < -0.39 is 15.9 Å². The zero-order valence-electron chi connectivity index (χ0n) is 9.80. The number of nitrogens with two attached hydrogens (primary N) is 1. The topological polar surface area (TPSA) is 92.5 Å². The Morgan fingerprint density at radius 1 is 1.28 bits per heavy atom. The summed E-state index contributed by atoms with van der Waals surface area (Å²) in [4.78, 5) is 11.2. The molecule has 98 valence electrons. The molecular formula is C11H15N3O3S. The van der Waals surface area contributed by atoms with Crippen LogP contribution in [0.2, 0.25) is 0 Å². The summed E-state index contributed by atoms with van der Waals surface area (Å²) < 4.78 is 26.0. The first kappa shape index (κ1) is 13.0. The molecule has 1 aromatic carbocycles. The lowest BCUT2D eigenvalue weighted by molar-refractivity contribution is 0.1000. The minimum absolute atomic E-state index is 0.112. The fourth-order valence-corrected chi connectivity index (χ4v) is 3.33. The standard InChI is InChI=1S/C11H15N3O3S/c12-11(15)9-2-1-3-10(8-9)18(16,17)14-6-4-13-5-7-14/h1-3,8,13H,4-7H2,(H2,12,15). The summed E-state index contributed by atoms with van der Waals surface area (Å²) in [6.07, 6.45) is 0. The molecule has 1 heterocycles. The van der Waals surface area contributed by atoms with Crippen LogP contribution in [0.4, 0.5) is 0 Å². The molecule has 1 aliphatic heterocycles. The number of nitrogens with zero attached hydrogens (tertiary/aromatic N) is 1. The maximum atomic E-state index is 12.3. The highest BCUT2D eigenvalue weighted by atomic mass is 32.2. The van der Waals surface area contributed by atoms with Crippen LogP contribution >= 0.6 is 0 Å². The molecule has 6 nitrogen and oxygen atoms in total. The SMILES string of the molecule is NC(=O)c1cccc(S(=O)(=O)N2CCNCC2)c1. The molecule has 1 aromatic rings. The second kappa shape index (κ2) is 5.05. The van der Waals surface area contributed by atoms with Gasteiger partial charge in [-0.05, 0) is 18.2 Å². The van der Waals surface area contributed by atoms with E-state index in [1.54, 1.807) is 0 Å². The van der Waals surface area contributed by atoms with Gasteiger partial charge in [0.25, 0.3) is 0 Å². The molecule has 0 saturated carbocycles. The molecule has 1 saturated heterocycles. The van der Waals surface area contributed by atoms with Crippen LogP contribution in [0.1, 0.15) is 10.4 Å². The van der Waals surface area contributed by atoms with Crippen LogP contribution in [-0.2, 0) is 10.0 Å². The average Bonchev–Trinajstić information content (AvgIpc) is 2.40. The second-order valence-electron chi connectivity index (χ2n) is 4.05. The van der Waals surface area contributed by atoms with Crippen molar-refractivity contribution in [2.75, 3.05) is 26.2 Å². The van der Waals surface area contributed by atoms with Crippen LogP contribution in [0.15, 0.2) is 29.2 Å². The van der Waals surface area contributed by atoms with E-state index in [-0.39, 0.29) is 10.5 Å². The molecule has 2 rings (SSSR count). The van der Waals surface area contributed by atoms with Gasteiger partial charge in [0.05, 0.1) is 4.90 Å². The summed E-state index contributed by atoms with van der Waals surface area (Å²) in [5, 5.41) is 3.09. The van der Waals surface area contributed by atoms with Gasteiger partial charge < -0.3 is 11.1 Å². The van der Waals surface area contributed by atoms with E-state index in [2.05, 4.69) is 5.32 Å². The van der Waals surface area contributed by atoms with Crippen LogP contribution in [0.25, 0.3) is 0 Å². The van der Waals surface area contributed by atoms with Crippen LogP contribution < -0.4 is 11.1 Å². The molecule has 7 heteroatoms. The van der Waals surface area contributed by atoms with Crippen molar-refractivity contribution >= 4 is 15.9 Å². The second-order valence-corrected chi connectivity index (χ2v) is 5.98. The Kier molecular flexibility index (Phi) is 3.65. The van der Waals surface area contributed by atoms with Gasteiger partial charge in [0.1, 0.15) is 0 Å². The Balaban J connectivity index is 2.34.